The number of alkyl halides is 2. The van der Waals surface area contributed by atoms with Crippen molar-refractivity contribution in [2.24, 2.45) is 0 Å². The van der Waals surface area contributed by atoms with E-state index in [2.05, 4.69) is 9.62 Å². The number of benzene rings is 2. The average Bonchev–Trinajstić information content (AvgIpc) is 2.68. The number of hydrogen-bond acceptors (Lipinski definition) is 4. The number of halogens is 3. The van der Waals surface area contributed by atoms with Gasteiger partial charge in [0.2, 0.25) is 10.0 Å². The van der Waals surface area contributed by atoms with Crippen LogP contribution in [-0.4, -0.2) is 45.4 Å². The largest absolute Gasteiger partial charge is 0.345 e. The molecule has 0 amide bonds. The molecule has 0 spiro atoms. The van der Waals surface area contributed by atoms with E-state index in [9.17, 15) is 21.6 Å². The molecular weight excluding hydrogens is 429 g/mol. The zero-order valence-corrected chi connectivity index (χ0v) is 18.3. The molecule has 1 aliphatic heterocycles. The van der Waals surface area contributed by atoms with Crippen LogP contribution in [0.3, 0.4) is 0 Å². The Balaban J connectivity index is 1.65. The van der Waals surface area contributed by atoms with Gasteiger partial charge in [0.25, 0.3) is 0 Å². The lowest BCUT2D eigenvalue weighted by molar-refractivity contribution is -0.180. The van der Waals surface area contributed by atoms with Crippen molar-refractivity contribution in [1.29, 1.82) is 0 Å². The monoisotopic (exact) mass is 456 g/mol. The second-order valence-electron chi connectivity index (χ2n) is 7.97. The second kappa shape index (κ2) is 10.1. The molecule has 1 fully saturated rings. The van der Waals surface area contributed by atoms with Crippen LogP contribution in [0.15, 0.2) is 48.5 Å². The van der Waals surface area contributed by atoms with Crippen LogP contribution < -0.4 is 4.72 Å². The van der Waals surface area contributed by atoms with Gasteiger partial charge in [-0.05, 0) is 48.7 Å². The van der Waals surface area contributed by atoms with E-state index >= 15 is 0 Å². The maximum atomic E-state index is 13.2. The highest BCUT2D eigenvalue weighted by molar-refractivity contribution is 7.88. The molecule has 170 valence electrons. The Kier molecular flexibility index (Phi) is 7.74. The molecule has 0 bridgehead atoms. The van der Waals surface area contributed by atoms with Gasteiger partial charge in [0.05, 0.1) is 12.4 Å². The van der Waals surface area contributed by atoms with Gasteiger partial charge in [-0.15, -0.1) is 0 Å². The van der Waals surface area contributed by atoms with Crippen molar-refractivity contribution in [1.82, 2.24) is 9.62 Å². The number of nitrogens with one attached hydrogen (secondary N) is 1. The fraction of sp³-hybridized carbons (Fsp3) is 0.455. The summed E-state index contributed by atoms with van der Waals surface area (Å²) in [4.78, 5) is 2.06. The highest BCUT2D eigenvalue weighted by atomic mass is 32.2. The van der Waals surface area contributed by atoms with Crippen molar-refractivity contribution in [3.05, 3.63) is 71.0 Å². The highest BCUT2D eigenvalue weighted by Crippen LogP contribution is 2.32. The summed E-state index contributed by atoms with van der Waals surface area (Å²) in [5.74, 6) is -0.590. The van der Waals surface area contributed by atoms with Crippen LogP contribution in [0.25, 0.3) is 0 Å². The standard InChI is InChI=1S/C22H27F3N2O3S/c1-15(26-31(2,28)29)17-5-3-16(4-6-17)13-27-12-11-20(21(14-27)30-22(24)25)18-7-9-19(23)10-8-18/h3-10,15,20-22,26H,11-14H2,1-2H3/t15-,20+,21-/m1/s1. The maximum Gasteiger partial charge on any atom is 0.345 e. The van der Waals surface area contributed by atoms with E-state index in [1.54, 1.807) is 19.1 Å². The fourth-order valence-electron chi connectivity index (χ4n) is 4.04. The van der Waals surface area contributed by atoms with Crippen LogP contribution in [0.2, 0.25) is 0 Å². The molecule has 9 heteroatoms. The van der Waals surface area contributed by atoms with Gasteiger partial charge in [-0.2, -0.15) is 8.78 Å². The van der Waals surface area contributed by atoms with Crippen LogP contribution >= 0.6 is 0 Å². The van der Waals surface area contributed by atoms with E-state index in [0.717, 1.165) is 22.9 Å². The van der Waals surface area contributed by atoms with Gasteiger partial charge < -0.3 is 4.74 Å². The van der Waals surface area contributed by atoms with Gasteiger partial charge in [-0.1, -0.05) is 36.4 Å². The number of sulfonamides is 1. The Morgan fingerprint density at radius 1 is 1.13 bits per heavy atom. The van der Waals surface area contributed by atoms with Gasteiger partial charge in [0, 0.05) is 25.0 Å². The minimum atomic E-state index is -3.31. The molecule has 0 unspecified atom stereocenters. The molecule has 3 rings (SSSR count). The predicted octanol–water partition coefficient (Wildman–Crippen LogP) is 4.03. The second-order valence-corrected chi connectivity index (χ2v) is 9.75. The van der Waals surface area contributed by atoms with E-state index in [1.165, 1.54) is 12.1 Å². The SMILES string of the molecule is C[C@@H](NS(C)(=O)=O)c1ccc(CN2CC[C@@H](c3ccc(F)cc3)[C@H](OC(F)F)C2)cc1. The molecule has 1 saturated heterocycles. The quantitative estimate of drug-likeness (QED) is 0.652. The molecule has 0 aliphatic carbocycles. The zero-order chi connectivity index (χ0) is 22.6. The van der Waals surface area contributed by atoms with E-state index < -0.39 is 22.7 Å². The Bertz CT molecular complexity index is 953. The summed E-state index contributed by atoms with van der Waals surface area (Å²) in [6.07, 6.45) is 1.04. The number of piperidine rings is 1. The third-order valence-corrected chi connectivity index (χ3v) is 6.28. The minimum absolute atomic E-state index is 0.226. The van der Waals surface area contributed by atoms with E-state index in [1.807, 2.05) is 24.3 Å². The van der Waals surface area contributed by atoms with Crippen molar-refractivity contribution in [3.63, 3.8) is 0 Å². The van der Waals surface area contributed by atoms with Crippen LogP contribution in [0, 0.1) is 5.82 Å². The van der Waals surface area contributed by atoms with Gasteiger partial charge >= 0.3 is 6.61 Å². The third-order valence-electron chi connectivity index (χ3n) is 5.50. The van der Waals surface area contributed by atoms with Crippen molar-refractivity contribution in [2.75, 3.05) is 19.3 Å². The molecule has 0 saturated carbocycles. The Labute approximate surface area is 181 Å². The molecule has 2 aromatic carbocycles. The Hall–Kier alpha value is -1.94. The molecule has 2 aromatic rings. The van der Waals surface area contributed by atoms with Gasteiger partial charge in [0.1, 0.15) is 5.82 Å². The minimum Gasteiger partial charge on any atom is -0.318 e. The zero-order valence-electron chi connectivity index (χ0n) is 17.5. The van der Waals surface area contributed by atoms with E-state index in [0.29, 0.717) is 26.1 Å². The highest BCUT2D eigenvalue weighted by Gasteiger charge is 2.33. The molecule has 0 aromatic heterocycles. The lowest BCUT2D eigenvalue weighted by Gasteiger charge is -2.38. The average molecular weight is 457 g/mol. The van der Waals surface area contributed by atoms with E-state index in [-0.39, 0.29) is 17.8 Å². The maximum absolute atomic E-state index is 13.2. The third kappa shape index (κ3) is 7.03. The van der Waals surface area contributed by atoms with Crippen LogP contribution in [0.4, 0.5) is 13.2 Å². The number of nitrogens with zero attached hydrogens (tertiary/aromatic N) is 1. The Morgan fingerprint density at radius 3 is 2.35 bits per heavy atom. The summed E-state index contributed by atoms with van der Waals surface area (Å²) in [6, 6.07) is 13.1. The first-order valence-electron chi connectivity index (χ1n) is 10.1. The smallest absolute Gasteiger partial charge is 0.318 e. The lowest BCUT2D eigenvalue weighted by Crippen LogP contribution is -2.44. The number of hydrogen-bond donors (Lipinski definition) is 1. The topological polar surface area (TPSA) is 58.6 Å². The summed E-state index contributed by atoms with van der Waals surface area (Å²) in [6.45, 7) is 0.478. The molecule has 1 heterocycles. The predicted molar refractivity (Wildman–Crippen MR) is 113 cm³/mol. The van der Waals surface area contributed by atoms with Crippen LogP contribution in [0.1, 0.15) is 42.0 Å². The molecular formula is C22H27F3N2O3S. The van der Waals surface area contributed by atoms with Crippen LogP contribution in [0.5, 0.6) is 0 Å². The number of rotatable bonds is 8. The van der Waals surface area contributed by atoms with Gasteiger partial charge in [0.15, 0.2) is 0 Å². The summed E-state index contributed by atoms with van der Waals surface area (Å²) in [5, 5.41) is 0. The first-order valence-corrected chi connectivity index (χ1v) is 12.0. The van der Waals surface area contributed by atoms with Crippen molar-refractivity contribution >= 4 is 10.0 Å². The summed E-state index contributed by atoms with van der Waals surface area (Å²) < 4.78 is 69.5. The van der Waals surface area contributed by atoms with Crippen molar-refractivity contribution < 1.29 is 26.3 Å². The van der Waals surface area contributed by atoms with E-state index in [4.69, 9.17) is 4.74 Å². The molecule has 5 nitrogen and oxygen atoms in total. The van der Waals surface area contributed by atoms with Gasteiger partial charge in [-0.3, -0.25) is 4.90 Å². The molecule has 31 heavy (non-hydrogen) atoms. The summed E-state index contributed by atoms with van der Waals surface area (Å²) in [5.41, 5.74) is 2.62. The van der Waals surface area contributed by atoms with Crippen molar-refractivity contribution in [3.8, 4) is 0 Å². The summed E-state index contributed by atoms with van der Waals surface area (Å²) in [7, 11) is -3.31. The molecule has 1 N–H and O–H groups in total. The Morgan fingerprint density at radius 2 is 1.77 bits per heavy atom. The molecule has 1 aliphatic rings. The molecule has 3 atom stereocenters. The molecule has 0 radical (unpaired) electrons. The fourth-order valence-corrected chi connectivity index (χ4v) is 4.82. The number of likely N-dealkylation sites (tertiary alicyclic amines) is 1. The first kappa shape index (κ1) is 23.7. The first-order chi connectivity index (χ1) is 14.6. The van der Waals surface area contributed by atoms with Crippen molar-refractivity contribution in [2.45, 2.75) is 44.6 Å². The van der Waals surface area contributed by atoms with Gasteiger partial charge in [-0.25, -0.2) is 17.5 Å². The lowest BCUT2D eigenvalue weighted by atomic mass is 9.86. The van der Waals surface area contributed by atoms with Crippen LogP contribution in [-0.2, 0) is 21.3 Å². The number of ether oxygens (including phenoxy) is 1. The normalized spacial score (nSPS) is 21.4. The summed E-state index contributed by atoms with van der Waals surface area (Å²) >= 11 is 0.